The van der Waals surface area contributed by atoms with Crippen molar-refractivity contribution < 1.29 is 14.2 Å². The molecule has 0 saturated carbocycles. The van der Waals surface area contributed by atoms with Gasteiger partial charge in [-0.05, 0) is 47.5 Å². The summed E-state index contributed by atoms with van der Waals surface area (Å²) in [5, 5.41) is 0. The van der Waals surface area contributed by atoms with Crippen LogP contribution in [-0.2, 0) is 29.2 Å². The molecule has 1 fully saturated rings. The molecule has 1 saturated heterocycles. The number of methoxy groups -OCH3 is 1. The predicted molar refractivity (Wildman–Crippen MR) is 145 cm³/mol. The second kappa shape index (κ2) is 13.3. The maximum absolute atomic E-state index is 5.98. The van der Waals surface area contributed by atoms with E-state index in [9.17, 15) is 0 Å². The number of pyridine rings is 1. The number of aromatic nitrogens is 1. The van der Waals surface area contributed by atoms with Crippen LogP contribution < -0.4 is 14.5 Å². The average molecular weight is 491 g/mol. The van der Waals surface area contributed by atoms with Gasteiger partial charge in [0.25, 0.3) is 0 Å². The molecule has 7 heteroatoms. The molecule has 0 amide bonds. The molecule has 2 aromatic carbocycles. The zero-order valence-corrected chi connectivity index (χ0v) is 21.7. The van der Waals surface area contributed by atoms with E-state index >= 15 is 0 Å². The Labute approximate surface area is 215 Å². The van der Waals surface area contributed by atoms with Gasteiger partial charge in [-0.15, -0.1) is 0 Å². The van der Waals surface area contributed by atoms with Crippen LogP contribution in [0.3, 0.4) is 0 Å². The second-order valence-corrected chi connectivity index (χ2v) is 9.28. The molecule has 2 heterocycles. The Balaban J connectivity index is 1.47. The highest BCUT2D eigenvalue weighted by Crippen LogP contribution is 2.24. The average Bonchev–Trinajstić information content (AvgIpc) is 2.92. The van der Waals surface area contributed by atoms with E-state index < -0.39 is 0 Å². The summed E-state index contributed by atoms with van der Waals surface area (Å²) in [6.07, 6.45) is 1.88. The summed E-state index contributed by atoms with van der Waals surface area (Å²) in [6, 6.07) is 21.2. The number of hydrogen-bond acceptors (Lipinski definition) is 7. The molecule has 7 nitrogen and oxygen atoms in total. The van der Waals surface area contributed by atoms with Crippen molar-refractivity contribution in [2.75, 3.05) is 70.5 Å². The number of nitrogens with zero attached hydrogens (tertiary/aromatic N) is 4. The molecule has 1 aliphatic heterocycles. The van der Waals surface area contributed by atoms with Crippen LogP contribution in [0, 0.1) is 0 Å². The maximum Gasteiger partial charge on any atom is 0.119 e. The maximum atomic E-state index is 5.98. The summed E-state index contributed by atoms with van der Waals surface area (Å²) in [5.41, 5.74) is 5.70. The summed E-state index contributed by atoms with van der Waals surface area (Å²) in [5.74, 6) is 0.867. The number of hydrogen-bond donors (Lipinski definition) is 0. The minimum absolute atomic E-state index is 0.501. The highest BCUT2D eigenvalue weighted by atomic mass is 16.5. The number of morpholine rings is 1. The lowest BCUT2D eigenvalue weighted by molar-refractivity contribution is 0.0177. The molecule has 1 aliphatic rings. The minimum Gasteiger partial charge on any atom is -0.497 e. The Morgan fingerprint density at radius 1 is 0.917 bits per heavy atom. The molecule has 192 valence electrons. The van der Waals surface area contributed by atoms with Gasteiger partial charge in [-0.1, -0.05) is 24.3 Å². The second-order valence-electron chi connectivity index (χ2n) is 9.28. The van der Waals surface area contributed by atoms with Crippen LogP contribution in [0.25, 0.3) is 0 Å². The molecule has 0 radical (unpaired) electrons. The van der Waals surface area contributed by atoms with Gasteiger partial charge < -0.3 is 24.0 Å². The first-order valence-corrected chi connectivity index (χ1v) is 12.6. The smallest absolute Gasteiger partial charge is 0.119 e. The lowest BCUT2D eigenvalue weighted by Gasteiger charge is -2.27. The first-order chi connectivity index (χ1) is 17.6. The summed E-state index contributed by atoms with van der Waals surface area (Å²) >= 11 is 0. The van der Waals surface area contributed by atoms with Gasteiger partial charge in [0.1, 0.15) is 5.75 Å². The van der Waals surface area contributed by atoms with Crippen molar-refractivity contribution in [3.8, 4) is 5.75 Å². The fourth-order valence-corrected chi connectivity index (χ4v) is 4.32. The SMILES string of the molecule is COc1cccc(CN(Cc2cccc(N(C)C)c2)c2ccnc(COCCN3CCOCC3)c2)c1. The van der Waals surface area contributed by atoms with Gasteiger partial charge in [0.15, 0.2) is 0 Å². The highest BCUT2D eigenvalue weighted by molar-refractivity contribution is 5.51. The largest absolute Gasteiger partial charge is 0.497 e. The van der Waals surface area contributed by atoms with Crippen molar-refractivity contribution in [3.05, 3.63) is 83.7 Å². The predicted octanol–water partition coefficient (Wildman–Crippen LogP) is 4.21. The summed E-state index contributed by atoms with van der Waals surface area (Å²) in [6.45, 7) is 7.22. The van der Waals surface area contributed by atoms with Crippen molar-refractivity contribution in [3.63, 3.8) is 0 Å². The van der Waals surface area contributed by atoms with Crippen molar-refractivity contribution in [1.29, 1.82) is 0 Å². The lowest BCUT2D eigenvalue weighted by atomic mass is 10.1. The van der Waals surface area contributed by atoms with Crippen LogP contribution in [-0.4, -0.2) is 70.5 Å². The number of rotatable bonds is 12. The molecule has 36 heavy (non-hydrogen) atoms. The van der Waals surface area contributed by atoms with Gasteiger partial charge in [-0.2, -0.15) is 0 Å². The fourth-order valence-electron chi connectivity index (χ4n) is 4.32. The third-order valence-electron chi connectivity index (χ3n) is 6.38. The van der Waals surface area contributed by atoms with Crippen molar-refractivity contribution in [2.45, 2.75) is 19.7 Å². The van der Waals surface area contributed by atoms with Crippen molar-refractivity contribution in [1.82, 2.24) is 9.88 Å². The van der Waals surface area contributed by atoms with Crippen LogP contribution in [0.15, 0.2) is 66.9 Å². The molecule has 0 atom stereocenters. The van der Waals surface area contributed by atoms with Crippen molar-refractivity contribution in [2.24, 2.45) is 0 Å². The molecule has 0 bridgehead atoms. The summed E-state index contributed by atoms with van der Waals surface area (Å²) < 4.78 is 16.9. The van der Waals surface area contributed by atoms with E-state index in [4.69, 9.17) is 14.2 Å². The Hall–Kier alpha value is -3.13. The van der Waals surface area contributed by atoms with E-state index in [0.29, 0.717) is 13.2 Å². The molecule has 0 spiro atoms. The fraction of sp³-hybridized carbons (Fsp3) is 0.414. The molecular weight excluding hydrogens is 452 g/mol. The van der Waals surface area contributed by atoms with Crippen LogP contribution in [0.2, 0.25) is 0 Å². The topological polar surface area (TPSA) is 50.3 Å². The number of ether oxygens (including phenoxy) is 3. The Morgan fingerprint density at radius 2 is 1.67 bits per heavy atom. The molecule has 1 aromatic heterocycles. The zero-order valence-electron chi connectivity index (χ0n) is 21.7. The first-order valence-electron chi connectivity index (χ1n) is 12.6. The van der Waals surface area contributed by atoms with Crippen molar-refractivity contribution >= 4 is 11.4 Å². The van der Waals surface area contributed by atoms with Gasteiger partial charge in [0.05, 0.1) is 39.2 Å². The molecule has 4 rings (SSSR count). The number of anilines is 2. The first kappa shape index (κ1) is 25.9. The zero-order chi connectivity index (χ0) is 25.2. The monoisotopic (exact) mass is 490 g/mol. The van der Waals surface area contributed by atoms with E-state index in [1.807, 2.05) is 18.3 Å². The third-order valence-corrected chi connectivity index (χ3v) is 6.38. The molecule has 0 N–H and O–H groups in total. The molecule has 0 unspecified atom stereocenters. The van der Waals surface area contributed by atoms with Crippen LogP contribution in [0.4, 0.5) is 11.4 Å². The molecule has 3 aromatic rings. The number of benzene rings is 2. The van der Waals surface area contributed by atoms with Gasteiger partial charge in [-0.3, -0.25) is 9.88 Å². The van der Waals surface area contributed by atoms with E-state index in [0.717, 1.165) is 63.1 Å². The third kappa shape index (κ3) is 7.68. The normalized spacial score (nSPS) is 14.0. The molecule has 0 aliphatic carbocycles. The highest BCUT2D eigenvalue weighted by Gasteiger charge is 2.13. The van der Waals surface area contributed by atoms with Gasteiger partial charge in [0.2, 0.25) is 0 Å². The van der Waals surface area contributed by atoms with Crippen LogP contribution in [0.5, 0.6) is 5.75 Å². The van der Waals surface area contributed by atoms with Gasteiger partial charge >= 0.3 is 0 Å². The Kier molecular flexibility index (Phi) is 9.55. The van der Waals surface area contributed by atoms with Gasteiger partial charge in [0, 0.05) is 64.4 Å². The summed E-state index contributed by atoms with van der Waals surface area (Å²) in [7, 11) is 5.85. The van der Waals surface area contributed by atoms with E-state index in [2.05, 4.69) is 82.3 Å². The minimum atomic E-state index is 0.501. The van der Waals surface area contributed by atoms with E-state index in [1.165, 1.54) is 16.8 Å². The summed E-state index contributed by atoms with van der Waals surface area (Å²) in [4.78, 5) is 11.5. The van der Waals surface area contributed by atoms with Crippen LogP contribution in [0.1, 0.15) is 16.8 Å². The Morgan fingerprint density at radius 3 is 2.42 bits per heavy atom. The lowest BCUT2D eigenvalue weighted by Crippen LogP contribution is -2.38. The van der Waals surface area contributed by atoms with E-state index in [-0.39, 0.29) is 0 Å². The standard InChI is InChI=1S/C29H38N4O3/c1-31(2)27-8-4-6-24(18-27)21-33(22-25-7-5-9-29(19-25)34-3)28-10-11-30-26(20-28)23-36-17-14-32-12-15-35-16-13-32/h4-11,18-20H,12-17,21-23H2,1-3H3. The van der Waals surface area contributed by atoms with Crippen LogP contribution >= 0.6 is 0 Å². The van der Waals surface area contributed by atoms with Gasteiger partial charge in [-0.25, -0.2) is 0 Å². The van der Waals surface area contributed by atoms with E-state index in [1.54, 1.807) is 7.11 Å². The quantitative estimate of drug-likeness (QED) is 0.353. The molecular formula is C29H38N4O3. The Bertz CT molecular complexity index is 1090.